The first kappa shape index (κ1) is 17.2. The SMILES string of the molecule is CCCCOCCNC(=O)c1cccc(C#CCN)c1C. The zero-order valence-corrected chi connectivity index (χ0v) is 12.9. The van der Waals surface area contributed by atoms with E-state index >= 15 is 0 Å². The Morgan fingerprint density at radius 2 is 2.19 bits per heavy atom. The summed E-state index contributed by atoms with van der Waals surface area (Å²) in [5, 5.41) is 2.86. The van der Waals surface area contributed by atoms with Gasteiger partial charge in [0.25, 0.3) is 5.91 Å². The first-order valence-corrected chi connectivity index (χ1v) is 7.35. The van der Waals surface area contributed by atoms with Crippen LogP contribution in [0.2, 0.25) is 0 Å². The molecule has 0 radical (unpaired) electrons. The number of nitrogens with one attached hydrogen (secondary N) is 1. The van der Waals surface area contributed by atoms with E-state index in [0.717, 1.165) is 30.6 Å². The Morgan fingerprint density at radius 3 is 2.90 bits per heavy atom. The standard InChI is InChI=1S/C17H24N2O2/c1-3-4-12-21-13-11-19-17(20)16-9-5-7-15(14(16)2)8-6-10-18/h5,7,9H,3-4,10-13,18H2,1-2H3,(H,19,20). The number of ether oxygens (including phenoxy) is 1. The average molecular weight is 288 g/mol. The molecular formula is C17H24N2O2. The van der Waals surface area contributed by atoms with Gasteiger partial charge in [-0.3, -0.25) is 4.79 Å². The lowest BCUT2D eigenvalue weighted by molar-refractivity contribution is 0.0912. The zero-order valence-electron chi connectivity index (χ0n) is 12.9. The van der Waals surface area contributed by atoms with Crippen LogP contribution < -0.4 is 11.1 Å². The molecule has 1 rings (SSSR count). The van der Waals surface area contributed by atoms with Gasteiger partial charge >= 0.3 is 0 Å². The largest absolute Gasteiger partial charge is 0.380 e. The molecule has 4 heteroatoms. The number of nitrogens with two attached hydrogens (primary N) is 1. The van der Waals surface area contributed by atoms with Crippen LogP contribution in [0.15, 0.2) is 18.2 Å². The third-order valence-corrected chi connectivity index (χ3v) is 3.08. The first-order chi connectivity index (χ1) is 10.2. The molecule has 0 bridgehead atoms. The van der Waals surface area contributed by atoms with Gasteiger partial charge in [0.05, 0.1) is 13.2 Å². The van der Waals surface area contributed by atoms with Crippen LogP contribution in [0.25, 0.3) is 0 Å². The van der Waals surface area contributed by atoms with Crippen molar-refractivity contribution in [2.45, 2.75) is 26.7 Å². The predicted molar refractivity (Wildman–Crippen MR) is 85.2 cm³/mol. The van der Waals surface area contributed by atoms with Crippen molar-refractivity contribution in [1.82, 2.24) is 5.32 Å². The molecule has 1 amide bonds. The fraction of sp³-hybridized carbons (Fsp3) is 0.471. The van der Waals surface area contributed by atoms with Crippen LogP contribution in [0, 0.1) is 18.8 Å². The summed E-state index contributed by atoms with van der Waals surface area (Å²) in [7, 11) is 0. The van der Waals surface area contributed by atoms with E-state index in [2.05, 4.69) is 24.1 Å². The highest BCUT2D eigenvalue weighted by molar-refractivity contribution is 5.96. The third-order valence-electron chi connectivity index (χ3n) is 3.08. The highest BCUT2D eigenvalue weighted by Gasteiger charge is 2.10. The van der Waals surface area contributed by atoms with Gasteiger partial charge in [-0.1, -0.05) is 31.3 Å². The summed E-state index contributed by atoms with van der Waals surface area (Å²) < 4.78 is 5.42. The molecule has 0 saturated heterocycles. The molecule has 1 aromatic carbocycles. The number of hydrogen-bond acceptors (Lipinski definition) is 3. The number of hydrogen-bond donors (Lipinski definition) is 2. The molecule has 0 aliphatic heterocycles. The Balaban J connectivity index is 2.54. The smallest absolute Gasteiger partial charge is 0.251 e. The van der Waals surface area contributed by atoms with E-state index in [1.165, 1.54) is 0 Å². The molecule has 0 aromatic heterocycles. The molecule has 0 saturated carbocycles. The Bertz CT molecular complexity index is 515. The van der Waals surface area contributed by atoms with E-state index in [0.29, 0.717) is 25.3 Å². The fourth-order valence-electron chi connectivity index (χ4n) is 1.84. The van der Waals surface area contributed by atoms with Crippen molar-refractivity contribution in [1.29, 1.82) is 0 Å². The quantitative estimate of drug-likeness (QED) is 0.594. The summed E-state index contributed by atoms with van der Waals surface area (Å²) in [6.45, 7) is 6.13. The van der Waals surface area contributed by atoms with E-state index in [4.69, 9.17) is 10.5 Å². The summed E-state index contributed by atoms with van der Waals surface area (Å²) >= 11 is 0. The minimum atomic E-state index is -0.0945. The maximum atomic E-state index is 12.1. The molecule has 0 aliphatic rings. The number of amides is 1. The molecular weight excluding hydrogens is 264 g/mol. The Kier molecular flexibility index (Phi) is 8.18. The number of unbranched alkanes of at least 4 members (excludes halogenated alkanes) is 1. The van der Waals surface area contributed by atoms with Crippen LogP contribution >= 0.6 is 0 Å². The molecule has 0 fully saturated rings. The van der Waals surface area contributed by atoms with E-state index < -0.39 is 0 Å². The van der Waals surface area contributed by atoms with Gasteiger partial charge in [-0.15, -0.1) is 0 Å². The van der Waals surface area contributed by atoms with Crippen LogP contribution in [-0.2, 0) is 4.74 Å². The van der Waals surface area contributed by atoms with E-state index in [-0.39, 0.29) is 5.91 Å². The number of benzene rings is 1. The van der Waals surface area contributed by atoms with Gasteiger partial charge in [-0.2, -0.15) is 0 Å². The number of rotatable bonds is 7. The second-order valence-electron chi connectivity index (χ2n) is 4.71. The molecule has 1 aromatic rings. The van der Waals surface area contributed by atoms with Crippen molar-refractivity contribution in [3.05, 3.63) is 34.9 Å². The van der Waals surface area contributed by atoms with Crippen molar-refractivity contribution in [3.8, 4) is 11.8 Å². The molecule has 114 valence electrons. The molecule has 3 N–H and O–H groups in total. The van der Waals surface area contributed by atoms with Gasteiger partial charge in [0.2, 0.25) is 0 Å². The lowest BCUT2D eigenvalue weighted by Gasteiger charge is -2.09. The van der Waals surface area contributed by atoms with Crippen molar-refractivity contribution in [2.75, 3.05) is 26.3 Å². The molecule has 0 aliphatic carbocycles. The van der Waals surface area contributed by atoms with E-state index in [1.807, 2.05) is 19.1 Å². The third kappa shape index (κ3) is 5.99. The van der Waals surface area contributed by atoms with Crippen molar-refractivity contribution in [3.63, 3.8) is 0 Å². The lowest BCUT2D eigenvalue weighted by Crippen LogP contribution is -2.28. The van der Waals surface area contributed by atoms with Gasteiger partial charge in [0.15, 0.2) is 0 Å². The second-order valence-corrected chi connectivity index (χ2v) is 4.71. The molecule has 0 heterocycles. The van der Waals surface area contributed by atoms with Crippen LogP contribution in [0.1, 0.15) is 41.3 Å². The predicted octanol–water partition coefficient (Wildman–Crippen LogP) is 1.85. The normalized spacial score (nSPS) is 9.86. The van der Waals surface area contributed by atoms with Crippen LogP contribution in [-0.4, -0.2) is 32.2 Å². The highest BCUT2D eigenvalue weighted by atomic mass is 16.5. The molecule has 21 heavy (non-hydrogen) atoms. The molecule has 0 spiro atoms. The van der Waals surface area contributed by atoms with Crippen molar-refractivity contribution in [2.24, 2.45) is 5.73 Å². The van der Waals surface area contributed by atoms with Crippen molar-refractivity contribution < 1.29 is 9.53 Å². The van der Waals surface area contributed by atoms with Gasteiger partial charge in [-0.25, -0.2) is 0 Å². The monoisotopic (exact) mass is 288 g/mol. The Morgan fingerprint density at radius 1 is 1.38 bits per heavy atom. The number of carbonyl (C=O) groups is 1. The van der Waals surface area contributed by atoms with Crippen molar-refractivity contribution >= 4 is 5.91 Å². The maximum Gasteiger partial charge on any atom is 0.251 e. The van der Waals surface area contributed by atoms with Gasteiger partial charge < -0.3 is 15.8 Å². The first-order valence-electron chi connectivity index (χ1n) is 7.35. The summed E-state index contributed by atoms with van der Waals surface area (Å²) in [4.78, 5) is 12.1. The summed E-state index contributed by atoms with van der Waals surface area (Å²) in [5.74, 6) is 5.69. The Hall–Kier alpha value is -1.83. The van der Waals surface area contributed by atoms with Gasteiger partial charge in [0, 0.05) is 24.3 Å². The Labute approximate surface area is 127 Å². The minimum absolute atomic E-state index is 0.0945. The minimum Gasteiger partial charge on any atom is -0.380 e. The summed E-state index contributed by atoms with van der Waals surface area (Å²) in [6.07, 6.45) is 2.16. The fourth-order valence-corrected chi connectivity index (χ4v) is 1.84. The number of carbonyl (C=O) groups excluding carboxylic acids is 1. The van der Waals surface area contributed by atoms with E-state index in [1.54, 1.807) is 6.07 Å². The lowest BCUT2D eigenvalue weighted by atomic mass is 10.0. The summed E-state index contributed by atoms with van der Waals surface area (Å²) in [5.41, 5.74) is 7.74. The molecule has 0 atom stereocenters. The maximum absolute atomic E-state index is 12.1. The average Bonchev–Trinajstić information content (AvgIpc) is 2.49. The molecule has 0 unspecified atom stereocenters. The molecule has 4 nitrogen and oxygen atoms in total. The van der Waals surface area contributed by atoms with Gasteiger partial charge in [0.1, 0.15) is 0 Å². The van der Waals surface area contributed by atoms with Gasteiger partial charge in [-0.05, 0) is 31.0 Å². The highest BCUT2D eigenvalue weighted by Crippen LogP contribution is 2.12. The zero-order chi connectivity index (χ0) is 15.5. The summed E-state index contributed by atoms with van der Waals surface area (Å²) in [6, 6.07) is 5.53. The van der Waals surface area contributed by atoms with Crippen LogP contribution in [0.5, 0.6) is 0 Å². The van der Waals surface area contributed by atoms with E-state index in [9.17, 15) is 4.79 Å². The topological polar surface area (TPSA) is 64.3 Å². The van der Waals surface area contributed by atoms with Crippen LogP contribution in [0.3, 0.4) is 0 Å². The van der Waals surface area contributed by atoms with Crippen LogP contribution in [0.4, 0.5) is 0 Å². The second kappa shape index (κ2) is 9.98.